The molecular weight excluding hydrogens is 354 g/mol. The number of nitrogens with one attached hydrogen (secondary N) is 1. The minimum absolute atomic E-state index is 0.153. The topological polar surface area (TPSA) is 99.5 Å². The van der Waals surface area contributed by atoms with Crippen molar-refractivity contribution in [1.82, 2.24) is 9.62 Å². The number of nitriles is 1. The molecule has 0 saturated carbocycles. The van der Waals surface area contributed by atoms with E-state index in [4.69, 9.17) is 10.00 Å². The summed E-state index contributed by atoms with van der Waals surface area (Å²) >= 11 is 0. The lowest BCUT2D eigenvalue weighted by molar-refractivity contribution is 0.0512. The van der Waals surface area contributed by atoms with Gasteiger partial charge in [-0.25, -0.2) is 13.2 Å². The number of nitrogens with zero attached hydrogens (tertiary/aromatic N) is 2. The minimum Gasteiger partial charge on any atom is -0.444 e. The highest BCUT2D eigenvalue weighted by atomic mass is 32.2. The Morgan fingerprint density at radius 3 is 2.54 bits per heavy atom. The molecular formula is C18H25N3O4S. The molecule has 1 aromatic rings. The number of hydrogen-bond acceptors (Lipinski definition) is 5. The fourth-order valence-electron chi connectivity index (χ4n) is 2.85. The zero-order valence-electron chi connectivity index (χ0n) is 15.4. The van der Waals surface area contributed by atoms with Crippen molar-refractivity contribution in [3.63, 3.8) is 0 Å². The molecule has 142 valence electrons. The van der Waals surface area contributed by atoms with E-state index >= 15 is 0 Å². The van der Waals surface area contributed by atoms with Crippen LogP contribution < -0.4 is 5.32 Å². The molecule has 1 aromatic carbocycles. The average Bonchev–Trinajstić information content (AvgIpc) is 2.59. The van der Waals surface area contributed by atoms with Crippen LogP contribution in [0.2, 0.25) is 0 Å². The van der Waals surface area contributed by atoms with Gasteiger partial charge in [-0.3, -0.25) is 0 Å². The molecule has 0 aliphatic carbocycles. The molecule has 1 fully saturated rings. The van der Waals surface area contributed by atoms with Crippen LogP contribution in [-0.4, -0.2) is 43.5 Å². The summed E-state index contributed by atoms with van der Waals surface area (Å²) in [6.45, 7) is 5.92. The number of alkyl carbamates (subject to hydrolysis) is 1. The van der Waals surface area contributed by atoms with Gasteiger partial charge in [0.2, 0.25) is 10.0 Å². The first-order chi connectivity index (χ1) is 12.1. The van der Waals surface area contributed by atoms with Gasteiger partial charge >= 0.3 is 6.09 Å². The minimum atomic E-state index is -3.69. The predicted molar refractivity (Wildman–Crippen MR) is 96.9 cm³/mol. The molecule has 0 aromatic heterocycles. The second-order valence-electron chi connectivity index (χ2n) is 7.28. The molecule has 1 heterocycles. The van der Waals surface area contributed by atoms with Crippen molar-refractivity contribution in [1.29, 1.82) is 5.26 Å². The van der Waals surface area contributed by atoms with Crippen LogP contribution in [0.15, 0.2) is 29.2 Å². The number of hydrogen-bond donors (Lipinski definition) is 1. The molecule has 0 radical (unpaired) electrons. The van der Waals surface area contributed by atoms with E-state index in [1.165, 1.54) is 28.6 Å². The van der Waals surface area contributed by atoms with Gasteiger partial charge in [0, 0.05) is 19.1 Å². The maximum Gasteiger partial charge on any atom is 0.407 e. The van der Waals surface area contributed by atoms with Crippen molar-refractivity contribution in [2.24, 2.45) is 0 Å². The summed E-state index contributed by atoms with van der Waals surface area (Å²) in [5.41, 5.74) is -0.198. The molecule has 1 aliphatic rings. The first kappa shape index (κ1) is 20.2. The number of sulfonamides is 1. The summed E-state index contributed by atoms with van der Waals surface area (Å²) in [5.74, 6) is 0. The van der Waals surface area contributed by atoms with Gasteiger partial charge in [0.25, 0.3) is 0 Å². The summed E-state index contributed by atoms with van der Waals surface area (Å²) in [6.07, 6.45) is 1.79. The van der Waals surface area contributed by atoms with Crippen molar-refractivity contribution in [2.75, 3.05) is 13.1 Å². The third-order valence-corrected chi connectivity index (χ3v) is 6.01. The lowest BCUT2D eigenvalue weighted by Crippen LogP contribution is -2.49. The second kappa shape index (κ2) is 8.06. The number of carbonyl (C=O) groups excluding carboxylic acids is 1. The third kappa shape index (κ3) is 5.19. The fourth-order valence-corrected chi connectivity index (χ4v) is 4.54. The largest absolute Gasteiger partial charge is 0.444 e. The van der Waals surface area contributed by atoms with E-state index in [1.807, 2.05) is 6.07 Å². The Hall–Kier alpha value is -2.11. The Morgan fingerprint density at radius 2 is 1.96 bits per heavy atom. The van der Waals surface area contributed by atoms with E-state index in [0.717, 1.165) is 12.8 Å². The molecule has 0 unspecified atom stereocenters. The van der Waals surface area contributed by atoms with Crippen molar-refractivity contribution in [2.45, 2.75) is 56.6 Å². The van der Waals surface area contributed by atoms with E-state index in [1.54, 1.807) is 20.8 Å². The van der Waals surface area contributed by atoms with Gasteiger partial charge in [-0.05, 0) is 57.9 Å². The second-order valence-corrected chi connectivity index (χ2v) is 9.17. The molecule has 1 saturated heterocycles. The molecule has 8 heteroatoms. The van der Waals surface area contributed by atoms with Crippen molar-refractivity contribution < 1.29 is 17.9 Å². The number of rotatable bonds is 4. The molecule has 0 spiro atoms. The molecule has 1 aliphatic heterocycles. The molecule has 2 rings (SSSR count). The standard InChI is InChI=1S/C18H25N3O4S/c1-18(2,3)25-17(22)20-13-15-6-4-5-11-21(15)26(23,24)16-9-7-14(12-19)8-10-16/h7-10,15H,4-6,11,13H2,1-3H3,(H,20,22)/t15-/m0/s1. The first-order valence-corrected chi connectivity index (χ1v) is 10.1. The third-order valence-electron chi connectivity index (χ3n) is 4.04. The maximum atomic E-state index is 13.0. The van der Waals surface area contributed by atoms with Crippen LogP contribution in [0.5, 0.6) is 0 Å². The number of carbonyl (C=O) groups is 1. The molecule has 26 heavy (non-hydrogen) atoms. The maximum absolute atomic E-state index is 13.0. The van der Waals surface area contributed by atoms with Gasteiger partial charge in [0.05, 0.1) is 16.5 Å². The Labute approximate surface area is 155 Å². The van der Waals surface area contributed by atoms with E-state index in [0.29, 0.717) is 18.5 Å². The Kier molecular flexibility index (Phi) is 6.26. The normalized spacial score (nSPS) is 18.8. The highest BCUT2D eigenvalue weighted by molar-refractivity contribution is 7.89. The van der Waals surface area contributed by atoms with Crippen LogP contribution in [-0.2, 0) is 14.8 Å². The molecule has 1 amide bonds. The van der Waals surface area contributed by atoms with E-state index in [2.05, 4.69) is 5.32 Å². The van der Waals surface area contributed by atoms with E-state index in [-0.39, 0.29) is 17.5 Å². The molecule has 7 nitrogen and oxygen atoms in total. The van der Waals surface area contributed by atoms with Gasteiger partial charge in [0.15, 0.2) is 0 Å². The van der Waals surface area contributed by atoms with Crippen molar-refractivity contribution in [3.05, 3.63) is 29.8 Å². The van der Waals surface area contributed by atoms with Gasteiger partial charge in [-0.15, -0.1) is 0 Å². The summed E-state index contributed by atoms with van der Waals surface area (Å²) in [6, 6.07) is 7.53. The Bertz CT molecular complexity index is 776. The monoisotopic (exact) mass is 379 g/mol. The molecule has 1 N–H and O–H groups in total. The quantitative estimate of drug-likeness (QED) is 0.867. The highest BCUT2D eigenvalue weighted by Crippen LogP contribution is 2.25. The SMILES string of the molecule is CC(C)(C)OC(=O)NC[C@@H]1CCCCN1S(=O)(=O)c1ccc(C#N)cc1. The number of amides is 1. The van der Waals surface area contributed by atoms with Crippen molar-refractivity contribution in [3.8, 4) is 6.07 Å². The Morgan fingerprint density at radius 1 is 1.31 bits per heavy atom. The van der Waals surface area contributed by atoms with Gasteiger partial charge in [0.1, 0.15) is 5.60 Å². The zero-order valence-corrected chi connectivity index (χ0v) is 16.2. The lowest BCUT2D eigenvalue weighted by Gasteiger charge is -2.35. The van der Waals surface area contributed by atoms with Crippen molar-refractivity contribution >= 4 is 16.1 Å². The van der Waals surface area contributed by atoms with Crippen LogP contribution in [0.25, 0.3) is 0 Å². The number of ether oxygens (including phenoxy) is 1. The molecule has 1 atom stereocenters. The summed E-state index contributed by atoms with van der Waals surface area (Å²) < 4.78 is 32.6. The summed E-state index contributed by atoms with van der Waals surface area (Å²) in [7, 11) is -3.69. The van der Waals surface area contributed by atoms with Crippen LogP contribution in [0, 0.1) is 11.3 Å². The van der Waals surface area contributed by atoms with E-state index < -0.39 is 21.7 Å². The van der Waals surface area contributed by atoms with Crippen LogP contribution >= 0.6 is 0 Å². The predicted octanol–water partition coefficient (Wildman–Crippen LogP) is 2.63. The average molecular weight is 379 g/mol. The number of piperidine rings is 1. The summed E-state index contributed by atoms with van der Waals surface area (Å²) in [5, 5.41) is 11.5. The van der Waals surface area contributed by atoms with Crippen LogP contribution in [0.4, 0.5) is 4.79 Å². The van der Waals surface area contributed by atoms with Gasteiger partial charge < -0.3 is 10.1 Å². The number of benzene rings is 1. The zero-order chi connectivity index (χ0) is 19.4. The van der Waals surface area contributed by atoms with E-state index in [9.17, 15) is 13.2 Å². The van der Waals surface area contributed by atoms with Gasteiger partial charge in [-0.1, -0.05) is 6.42 Å². The fraction of sp³-hybridized carbons (Fsp3) is 0.556. The lowest BCUT2D eigenvalue weighted by atomic mass is 10.1. The summed E-state index contributed by atoms with van der Waals surface area (Å²) in [4.78, 5) is 12.0. The van der Waals surface area contributed by atoms with Crippen LogP contribution in [0.1, 0.15) is 45.6 Å². The molecule has 0 bridgehead atoms. The first-order valence-electron chi connectivity index (χ1n) is 8.62. The Balaban J connectivity index is 2.11. The smallest absolute Gasteiger partial charge is 0.407 e. The van der Waals surface area contributed by atoms with Gasteiger partial charge in [-0.2, -0.15) is 9.57 Å². The van der Waals surface area contributed by atoms with Crippen LogP contribution in [0.3, 0.4) is 0 Å². The highest BCUT2D eigenvalue weighted by Gasteiger charge is 2.33.